The number of carbonyl (C=O) groups excluding carboxylic acids is 1. The van der Waals surface area contributed by atoms with Crippen molar-refractivity contribution in [1.29, 1.82) is 0 Å². The molecule has 0 atom stereocenters. The Kier molecular flexibility index (Phi) is 3.87. The van der Waals surface area contributed by atoms with Crippen molar-refractivity contribution in [2.75, 3.05) is 12.4 Å². The van der Waals surface area contributed by atoms with Crippen molar-refractivity contribution in [3.8, 4) is 28.9 Å². The maximum absolute atomic E-state index is 12.3. The molecule has 0 aliphatic carbocycles. The Balaban J connectivity index is 1.36. The van der Waals surface area contributed by atoms with E-state index in [0.717, 1.165) is 5.39 Å². The molecule has 5 rings (SSSR count). The first-order chi connectivity index (χ1) is 14.2. The molecule has 1 amide bonds. The highest BCUT2D eigenvalue weighted by molar-refractivity contribution is 6.02. The predicted octanol–water partition coefficient (Wildman–Crippen LogP) is 3.99. The van der Waals surface area contributed by atoms with Crippen LogP contribution in [0.3, 0.4) is 0 Å². The molecule has 0 radical (unpaired) electrons. The Morgan fingerprint density at radius 3 is 2.79 bits per heavy atom. The van der Waals surface area contributed by atoms with Crippen molar-refractivity contribution in [2.45, 2.75) is 0 Å². The van der Waals surface area contributed by atoms with Crippen molar-refractivity contribution >= 4 is 22.9 Å². The molecule has 0 aliphatic heterocycles. The third kappa shape index (κ3) is 3.02. The van der Waals surface area contributed by atoms with Gasteiger partial charge in [-0.1, -0.05) is 22.4 Å². The van der Waals surface area contributed by atoms with E-state index in [4.69, 9.17) is 22.5 Å². The standard InChI is InChI=1S/C19H12N4O6/c1-25-13-5-2-4-10-8-15(27-16(10)13)18-21-22-19(28-18)20-17(24)11-9-14(29-23-11)12-6-3-7-26-12/h2-9H,1H3,(H,20,22,24). The molecular formula is C19H12N4O6. The van der Waals surface area contributed by atoms with E-state index in [9.17, 15) is 4.79 Å². The summed E-state index contributed by atoms with van der Waals surface area (Å²) in [5, 5.41) is 14.7. The highest BCUT2D eigenvalue weighted by Gasteiger charge is 2.20. The number of benzene rings is 1. The van der Waals surface area contributed by atoms with E-state index in [1.54, 1.807) is 31.4 Å². The lowest BCUT2D eigenvalue weighted by atomic mass is 10.2. The lowest BCUT2D eigenvalue weighted by Crippen LogP contribution is -2.12. The van der Waals surface area contributed by atoms with Gasteiger partial charge >= 0.3 is 6.01 Å². The second-order valence-electron chi connectivity index (χ2n) is 5.91. The monoisotopic (exact) mass is 392 g/mol. The second kappa shape index (κ2) is 6.68. The van der Waals surface area contributed by atoms with Crippen LogP contribution < -0.4 is 10.1 Å². The fraction of sp³-hybridized carbons (Fsp3) is 0.0526. The molecule has 10 nitrogen and oxygen atoms in total. The Morgan fingerprint density at radius 1 is 1.03 bits per heavy atom. The SMILES string of the molecule is COc1cccc2cc(-c3nnc(NC(=O)c4cc(-c5ccco5)on4)o3)oc12. The third-order valence-electron chi connectivity index (χ3n) is 4.09. The summed E-state index contributed by atoms with van der Waals surface area (Å²) in [6.45, 7) is 0. The average molecular weight is 392 g/mol. The van der Waals surface area contributed by atoms with Crippen LogP contribution in [0, 0.1) is 0 Å². The van der Waals surface area contributed by atoms with Crippen molar-refractivity contribution < 1.29 is 27.3 Å². The molecule has 0 spiro atoms. The Hall–Kier alpha value is -4.34. The van der Waals surface area contributed by atoms with E-state index in [1.165, 1.54) is 12.3 Å². The number of fused-ring (bicyclic) bond motifs is 1. The van der Waals surface area contributed by atoms with Gasteiger partial charge in [0.15, 0.2) is 28.5 Å². The molecule has 4 heterocycles. The minimum Gasteiger partial charge on any atom is -0.493 e. The Morgan fingerprint density at radius 2 is 1.97 bits per heavy atom. The topological polar surface area (TPSA) is 130 Å². The van der Waals surface area contributed by atoms with Gasteiger partial charge in [-0.3, -0.25) is 10.1 Å². The smallest absolute Gasteiger partial charge is 0.322 e. The van der Waals surface area contributed by atoms with Gasteiger partial charge in [-0.05, 0) is 24.3 Å². The van der Waals surface area contributed by atoms with Crippen LogP contribution in [0.1, 0.15) is 10.5 Å². The number of aromatic nitrogens is 3. The minimum atomic E-state index is -0.576. The van der Waals surface area contributed by atoms with Crippen LogP contribution in [0.5, 0.6) is 5.75 Å². The first kappa shape index (κ1) is 16.8. The van der Waals surface area contributed by atoms with E-state index in [-0.39, 0.29) is 17.6 Å². The number of rotatable bonds is 5. The van der Waals surface area contributed by atoms with Crippen molar-refractivity contribution in [1.82, 2.24) is 15.4 Å². The van der Waals surface area contributed by atoms with E-state index in [0.29, 0.717) is 28.6 Å². The highest BCUT2D eigenvalue weighted by Crippen LogP contribution is 2.33. The molecule has 144 valence electrons. The molecular weight excluding hydrogens is 380 g/mol. The van der Waals surface area contributed by atoms with Gasteiger partial charge in [0.05, 0.1) is 13.4 Å². The Bertz CT molecular complexity index is 1300. The van der Waals surface area contributed by atoms with Crippen LogP contribution in [0.2, 0.25) is 0 Å². The first-order valence-corrected chi connectivity index (χ1v) is 8.43. The third-order valence-corrected chi connectivity index (χ3v) is 4.09. The summed E-state index contributed by atoms with van der Waals surface area (Å²) >= 11 is 0. The lowest BCUT2D eigenvalue weighted by Gasteiger charge is -1.98. The molecule has 1 N–H and O–H groups in total. The van der Waals surface area contributed by atoms with Gasteiger partial charge < -0.3 is 22.5 Å². The molecule has 0 bridgehead atoms. The van der Waals surface area contributed by atoms with E-state index in [2.05, 4.69) is 20.7 Å². The molecule has 0 fully saturated rings. The van der Waals surface area contributed by atoms with Crippen molar-refractivity contribution in [3.05, 3.63) is 54.4 Å². The fourth-order valence-electron chi connectivity index (χ4n) is 2.75. The van der Waals surface area contributed by atoms with E-state index in [1.807, 2.05) is 12.1 Å². The van der Waals surface area contributed by atoms with Crippen LogP contribution in [0.15, 0.2) is 66.5 Å². The zero-order valence-electron chi connectivity index (χ0n) is 14.9. The summed E-state index contributed by atoms with van der Waals surface area (Å²) in [6.07, 6.45) is 1.49. The highest BCUT2D eigenvalue weighted by atomic mass is 16.5. The minimum absolute atomic E-state index is 0.0321. The number of anilines is 1. The second-order valence-corrected chi connectivity index (χ2v) is 5.91. The maximum atomic E-state index is 12.3. The van der Waals surface area contributed by atoms with Crippen molar-refractivity contribution in [3.63, 3.8) is 0 Å². The number of methoxy groups -OCH3 is 1. The van der Waals surface area contributed by atoms with Crippen LogP contribution in [0.4, 0.5) is 6.01 Å². The largest absolute Gasteiger partial charge is 0.493 e. The van der Waals surface area contributed by atoms with Gasteiger partial charge in [-0.15, -0.1) is 5.10 Å². The summed E-state index contributed by atoms with van der Waals surface area (Å²) < 4.78 is 26.8. The molecule has 4 aromatic heterocycles. The molecule has 5 aromatic rings. The Labute approximate surface area is 162 Å². The number of furan rings is 2. The molecule has 0 saturated carbocycles. The number of amides is 1. The molecule has 29 heavy (non-hydrogen) atoms. The van der Waals surface area contributed by atoms with Gasteiger partial charge in [-0.2, -0.15) is 0 Å². The number of nitrogens with one attached hydrogen (secondary N) is 1. The average Bonchev–Trinajstić information content (AvgIpc) is 3.53. The molecule has 1 aromatic carbocycles. The van der Waals surface area contributed by atoms with Crippen LogP contribution in [-0.4, -0.2) is 28.4 Å². The maximum Gasteiger partial charge on any atom is 0.322 e. The van der Waals surface area contributed by atoms with Gasteiger partial charge in [0.2, 0.25) is 5.76 Å². The number of nitrogens with zero attached hydrogens (tertiary/aromatic N) is 3. The summed E-state index contributed by atoms with van der Waals surface area (Å²) in [7, 11) is 1.55. The number of hydrogen-bond donors (Lipinski definition) is 1. The molecule has 0 aliphatic rings. The van der Waals surface area contributed by atoms with Gasteiger partial charge in [0.1, 0.15) is 0 Å². The van der Waals surface area contributed by atoms with E-state index < -0.39 is 5.91 Å². The number of carbonyl (C=O) groups is 1. The zero-order valence-corrected chi connectivity index (χ0v) is 14.9. The summed E-state index contributed by atoms with van der Waals surface area (Å²) in [6, 6.07) is 11.9. The number of ether oxygens (including phenoxy) is 1. The zero-order chi connectivity index (χ0) is 19.8. The number of hydrogen-bond acceptors (Lipinski definition) is 9. The summed E-state index contributed by atoms with van der Waals surface area (Å²) in [5.74, 6) is 1.24. The van der Waals surface area contributed by atoms with Gasteiger partial charge in [-0.25, -0.2) is 0 Å². The molecule has 10 heteroatoms. The van der Waals surface area contributed by atoms with Gasteiger partial charge in [0, 0.05) is 11.5 Å². The quantitative estimate of drug-likeness (QED) is 0.472. The van der Waals surface area contributed by atoms with Crippen LogP contribution in [-0.2, 0) is 0 Å². The lowest BCUT2D eigenvalue weighted by molar-refractivity contribution is 0.101. The van der Waals surface area contributed by atoms with Crippen LogP contribution in [0.25, 0.3) is 34.1 Å². The predicted molar refractivity (Wildman–Crippen MR) is 98.2 cm³/mol. The first-order valence-electron chi connectivity index (χ1n) is 8.43. The molecule has 0 saturated heterocycles. The summed E-state index contributed by atoms with van der Waals surface area (Å²) in [5.41, 5.74) is 0.589. The van der Waals surface area contributed by atoms with Crippen molar-refractivity contribution in [2.24, 2.45) is 0 Å². The number of para-hydroxylation sites is 1. The normalized spacial score (nSPS) is 11.1. The molecule has 0 unspecified atom stereocenters. The van der Waals surface area contributed by atoms with Crippen LogP contribution >= 0.6 is 0 Å². The van der Waals surface area contributed by atoms with Gasteiger partial charge in [0.25, 0.3) is 11.8 Å². The fourth-order valence-corrected chi connectivity index (χ4v) is 2.75. The summed E-state index contributed by atoms with van der Waals surface area (Å²) in [4.78, 5) is 12.3. The van der Waals surface area contributed by atoms with E-state index >= 15 is 0 Å².